The standard InChI is InChI=1S/C16H20FN3O3/c17-11-1-3-13(4-2-11)23-10-9-20-14(21)16(19-15(20)22)7-5-12(18)6-8-16/h1-4,12H,5-10,18H2,(H,19,22). The van der Waals surface area contributed by atoms with Gasteiger partial charge in [-0.2, -0.15) is 0 Å². The lowest BCUT2D eigenvalue weighted by molar-refractivity contribution is -0.132. The van der Waals surface area contributed by atoms with E-state index in [1.54, 1.807) is 0 Å². The van der Waals surface area contributed by atoms with E-state index in [0.717, 1.165) is 12.8 Å². The van der Waals surface area contributed by atoms with Crippen LogP contribution in [0, 0.1) is 5.82 Å². The van der Waals surface area contributed by atoms with Crippen molar-refractivity contribution in [3.63, 3.8) is 0 Å². The number of nitrogens with two attached hydrogens (primary N) is 1. The molecular formula is C16H20FN3O3. The van der Waals surface area contributed by atoms with Gasteiger partial charge in [0, 0.05) is 6.04 Å². The first kappa shape index (κ1) is 15.7. The fourth-order valence-corrected chi connectivity index (χ4v) is 3.14. The summed E-state index contributed by atoms with van der Waals surface area (Å²) in [5.41, 5.74) is 5.08. The van der Waals surface area contributed by atoms with Gasteiger partial charge in [-0.15, -0.1) is 0 Å². The van der Waals surface area contributed by atoms with Crippen LogP contribution in [0.3, 0.4) is 0 Å². The second-order valence-corrected chi connectivity index (χ2v) is 6.11. The lowest BCUT2D eigenvalue weighted by Crippen LogP contribution is -2.51. The molecule has 1 aliphatic carbocycles. The van der Waals surface area contributed by atoms with Gasteiger partial charge in [-0.05, 0) is 49.9 Å². The molecule has 6 nitrogen and oxygen atoms in total. The first-order chi connectivity index (χ1) is 11.0. The molecule has 2 aliphatic rings. The number of carbonyl (C=O) groups excluding carboxylic acids is 2. The first-order valence-corrected chi connectivity index (χ1v) is 7.78. The van der Waals surface area contributed by atoms with Crippen LogP contribution in [0.15, 0.2) is 24.3 Å². The topological polar surface area (TPSA) is 84.7 Å². The minimum Gasteiger partial charge on any atom is -0.492 e. The van der Waals surface area contributed by atoms with E-state index in [4.69, 9.17) is 10.5 Å². The zero-order chi connectivity index (χ0) is 16.4. The van der Waals surface area contributed by atoms with Crippen molar-refractivity contribution in [2.75, 3.05) is 13.2 Å². The molecule has 1 spiro atoms. The summed E-state index contributed by atoms with van der Waals surface area (Å²) in [7, 11) is 0. The van der Waals surface area contributed by atoms with Crippen LogP contribution in [0.1, 0.15) is 25.7 Å². The van der Waals surface area contributed by atoms with E-state index in [-0.39, 0.29) is 36.9 Å². The monoisotopic (exact) mass is 321 g/mol. The Morgan fingerprint density at radius 3 is 2.57 bits per heavy atom. The third kappa shape index (κ3) is 3.14. The van der Waals surface area contributed by atoms with Crippen LogP contribution in [0.2, 0.25) is 0 Å². The van der Waals surface area contributed by atoms with E-state index in [1.807, 2.05) is 0 Å². The Labute approximate surface area is 133 Å². The highest BCUT2D eigenvalue weighted by Gasteiger charge is 2.51. The van der Waals surface area contributed by atoms with E-state index in [2.05, 4.69) is 5.32 Å². The van der Waals surface area contributed by atoms with Crippen molar-refractivity contribution in [2.45, 2.75) is 37.3 Å². The number of urea groups is 1. The van der Waals surface area contributed by atoms with Crippen LogP contribution in [-0.2, 0) is 4.79 Å². The number of carbonyl (C=O) groups is 2. The van der Waals surface area contributed by atoms with Gasteiger partial charge in [-0.1, -0.05) is 0 Å². The predicted octanol–water partition coefficient (Wildman–Crippen LogP) is 1.40. The number of hydrogen-bond donors (Lipinski definition) is 2. The number of imide groups is 1. The Bertz CT molecular complexity index is 597. The summed E-state index contributed by atoms with van der Waals surface area (Å²) in [6.07, 6.45) is 2.61. The quantitative estimate of drug-likeness (QED) is 0.821. The number of benzene rings is 1. The molecule has 23 heavy (non-hydrogen) atoms. The van der Waals surface area contributed by atoms with Gasteiger partial charge < -0.3 is 15.8 Å². The molecule has 7 heteroatoms. The Morgan fingerprint density at radius 1 is 1.26 bits per heavy atom. The number of nitrogens with zero attached hydrogens (tertiary/aromatic N) is 1. The number of hydrogen-bond acceptors (Lipinski definition) is 4. The van der Waals surface area contributed by atoms with Crippen molar-refractivity contribution in [3.8, 4) is 5.75 Å². The Morgan fingerprint density at radius 2 is 1.91 bits per heavy atom. The predicted molar refractivity (Wildman–Crippen MR) is 81.3 cm³/mol. The summed E-state index contributed by atoms with van der Waals surface area (Å²) < 4.78 is 18.3. The van der Waals surface area contributed by atoms with Crippen molar-refractivity contribution in [2.24, 2.45) is 5.73 Å². The molecule has 1 aromatic carbocycles. The van der Waals surface area contributed by atoms with E-state index in [0.29, 0.717) is 18.6 Å². The second-order valence-electron chi connectivity index (χ2n) is 6.11. The average Bonchev–Trinajstić information content (AvgIpc) is 2.76. The normalized spacial score (nSPS) is 27.4. The SMILES string of the molecule is NC1CCC2(CC1)NC(=O)N(CCOc1ccc(F)cc1)C2=O. The zero-order valence-corrected chi connectivity index (χ0v) is 12.8. The van der Waals surface area contributed by atoms with Gasteiger partial charge in [0.2, 0.25) is 0 Å². The van der Waals surface area contributed by atoms with Gasteiger partial charge >= 0.3 is 6.03 Å². The third-order valence-electron chi connectivity index (χ3n) is 4.53. The Balaban J connectivity index is 1.57. The minimum atomic E-state index is -0.789. The minimum absolute atomic E-state index is 0.0983. The maximum Gasteiger partial charge on any atom is 0.325 e. The summed E-state index contributed by atoms with van der Waals surface area (Å²) in [5.74, 6) is -0.0437. The van der Waals surface area contributed by atoms with E-state index >= 15 is 0 Å². The lowest BCUT2D eigenvalue weighted by atomic mass is 9.79. The molecule has 3 amide bonds. The fourth-order valence-electron chi connectivity index (χ4n) is 3.14. The summed E-state index contributed by atoms with van der Waals surface area (Å²) in [6.45, 7) is 0.330. The summed E-state index contributed by atoms with van der Waals surface area (Å²) in [5, 5.41) is 2.82. The molecule has 0 atom stereocenters. The highest BCUT2D eigenvalue weighted by molar-refractivity contribution is 6.07. The number of rotatable bonds is 4. The average molecular weight is 321 g/mol. The van der Waals surface area contributed by atoms with E-state index in [1.165, 1.54) is 29.2 Å². The molecule has 1 heterocycles. The molecular weight excluding hydrogens is 301 g/mol. The largest absolute Gasteiger partial charge is 0.492 e. The molecule has 1 aromatic rings. The molecule has 0 unspecified atom stereocenters. The van der Waals surface area contributed by atoms with Crippen molar-refractivity contribution in [1.29, 1.82) is 0 Å². The van der Waals surface area contributed by atoms with Crippen LogP contribution in [0.25, 0.3) is 0 Å². The highest BCUT2D eigenvalue weighted by Crippen LogP contribution is 2.33. The number of halogens is 1. The van der Waals surface area contributed by atoms with Crippen molar-refractivity contribution >= 4 is 11.9 Å². The molecule has 124 valence electrons. The van der Waals surface area contributed by atoms with Gasteiger partial charge in [-0.25, -0.2) is 9.18 Å². The van der Waals surface area contributed by atoms with Crippen LogP contribution >= 0.6 is 0 Å². The maximum absolute atomic E-state index is 12.8. The number of ether oxygens (including phenoxy) is 1. The highest BCUT2D eigenvalue weighted by atomic mass is 19.1. The Kier molecular flexibility index (Phi) is 4.21. The first-order valence-electron chi connectivity index (χ1n) is 7.78. The zero-order valence-electron chi connectivity index (χ0n) is 12.8. The summed E-state index contributed by atoms with van der Waals surface area (Å²) in [6, 6.07) is 5.32. The van der Waals surface area contributed by atoms with E-state index < -0.39 is 5.54 Å². The van der Waals surface area contributed by atoms with Gasteiger partial charge in [0.05, 0.1) is 6.54 Å². The summed E-state index contributed by atoms with van der Waals surface area (Å²) >= 11 is 0. The van der Waals surface area contributed by atoms with Crippen LogP contribution in [-0.4, -0.2) is 41.6 Å². The number of amides is 3. The van der Waals surface area contributed by atoms with Gasteiger partial charge in [0.1, 0.15) is 23.7 Å². The van der Waals surface area contributed by atoms with Crippen LogP contribution in [0.4, 0.5) is 9.18 Å². The van der Waals surface area contributed by atoms with Gasteiger partial charge in [-0.3, -0.25) is 9.69 Å². The van der Waals surface area contributed by atoms with E-state index in [9.17, 15) is 14.0 Å². The molecule has 3 N–H and O–H groups in total. The molecule has 2 fully saturated rings. The van der Waals surface area contributed by atoms with Gasteiger partial charge in [0.25, 0.3) is 5.91 Å². The lowest BCUT2D eigenvalue weighted by Gasteiger charge is -2.33. The van der Waals surface area contributed by atoms with Crippen LogP contribution in [0.5, 0.6) is 5.75 Å². The summed E-state index contributed by atoms with van der Waals surface area (Å²) in [4.78, 5) is 25.9. The molecule has 0 aromatic heterocycles. The Hall–Kier alpha value is -2.15. The van der Waals surface area contributed by atoms with Gasteiger partial charge in [0.15, 0.2) is 0 Å². The molecule has 0 radical (unpaired) electrons. The maximum atomic E-state index is 12.8. The molecule has 1 saturated carbocycles. The fraction of sp³-hybridized carbons (Fsp3) is 0.500. The van der Waals surface area contributed by atoms with Crippen molar-refractivity contribution in [3.05, 3.63) is 30.1 Å². The van der Waals surface area contributed by atoms with Crippen LogP contribution < -0.4 is 15.8 Å². The van der Waals surface area contributed by atoms with Crippen molar-refractivity contribution < 1.29 is 18.7 Å². The van der Waals surface area contributed by atoms with Crippen molar-refractivity contribution in [1.82, 2.24) is 10.2 Å². The molecule has 3 rings (SSSR count). The molecule has 0 bridgehead atoms. The smallest absolute Gasteiger partial charge is 0.325 e. The third-order valence-corrected chi connectivity index (χ3v) is 4.53. The second kappa shape index (κ2) is 6.16. The molecule has 1 aliphatic heterocycles. The number of nitrogens with one attached hydrogen (secondary N) is 1. The molecule has 1 saturated heterocycles.